The molecule has 0 aliphatic carbocycles. The fourth-order valence-corrected chi connectivity index (χ4v) is 2.68. The summed E-state index contributed by atoms with van der Waals surface area (Å²) in [4.78, 5) is 8.87. The highest BCUT2D eigenvalue weighted by molar-refractivity contribution is 6.44. The third-order valence-corrected chi connectivity index (χ3v) is 4.37. The van der Waals surface area contributed by atoms with Crippen LogP contribution in [0.1, 0.15) is 20.3 Å². The van der Waals surface area contributed by atoms with Crippen LogP contribution in [-0.2, 0) is 4.74 Å². The van der Waals surface area contributed by atoms with Gasteiger partial charge in [-0.05, 0) is 27.6 Å². The number of nitrogens with two attached hydrogens (primary N) is 1. The lowest BCUT2D eigenvalue weighted by Gasteiger charge is -2.47. The number of halogens is 1. The fourth-order valence-electron chi connectivity index (χ4n) is 2.39. The molecule has 21 heavy (non-hydrogen) atoms. The van der Waals surface area contributed by atoms with Crippen molar-refractivity contribution >= 4 is 17.3 Å². The molecule has 6 heteroatoms. The van der Waals surface area contributed by atoms with Crippen molar-refractivity contribution in [1.29, 1.82) is 0 Å². The van der Waals surface area contributed by atoms with Crippen molar-refractivity contribution in [2.75, 3.05) is 54.0 Å². The van der Waals surface area contributed by atoms with Crippen LogP contribution in [0.3, 0.4) is 0 Å². The van der Waals surface area contributed by atoms with Crippen molar-refractivity contribution in [3.05, 3.63) is 10.7 Å². The molecule has 5 nitrogen and oxygen atoms in total. The van der Waals surface area contributed by atoms with Gasteiger partial charge in [-0.25, -0.2) is 0 Å². The molecule has 0 atom stereocenters. The zero-order chi connectivity index (χ0) is 16.0. The summed E-state index contributed by atoms with van der Waals surface area (Å²) in [6.07, 6.45) is 1.06. The Balaban J connectivity index is 0.00000106. The number of likely N-dealkylation sites (N-methyl/N-ethyl adjacent to an activating group) is 1. The van der Waals surface area contributed by atoms with Gasteiger partial charge in [0.2, 0.25) is 0 Å². The van der Waals surface area contributed by atoms with E-state index in [-0.39, 0.29) is 5.54 Å². The van der Waals surface area contributed by atoms with E-state index in [1.807, 2.05) is 27.9 Å². The van der Waals surface area contributed by atoms with E-state index in [1.165, 1.54) is 0 Å². The quantitative estimate of drug-likeness (QED) is 0.858. The molecule has 0 bridgehead atoms. The van der Waals surface area contributed by atoms with Crippen LogP contribution >= 0.6 is 11.6 Å². The Kier molecular flexibility index (Phi) is 7.13. The first-order valence-corrected chi connectivity index (χ1v) is 7.98. The molecule has 2 aliphatic rings. The Hall–Kier alpha value is -0.620. The third-order valence-electron chi connectivity index (χ3n) is 3.95. The Morgan fingerprint density at radius 3 is 2.48 bits per heavy atom. The monoisotopic (exact) mass is 316 g/mol. The normalized spacial score (nSPS) is 23.3. The van der Waals surface area contributed by atoms with Crippen molar-refractivity contribution in [2.45, 2.75) is 25.8 Å². The molecule has 0 amide bonds. The van der Waals surface area contributed by atoms with E-state index in [0.717, 1.165) is 31.8 Å². The van der Waals surface area contributed by atoms with Gasteiger partial charge in [-0.2, -0.15) is 0 Å². The molecule has 0 saturated carbocycles. The van der Waals surface area contributed by atoms with E-state index in [1.54, 1.807) is 0 Å². The predicted octanol–water partition coefficient (Wildman–Crippen LogP) is 1.53. The first-order valence-electron chi connectivity index (χ1n) is 7.60. The topological polar surface area (TPSA) is 54.1 Å². The molecule has 122 valence electrons. The summed E-state index contributed by atoms with van der Waals surface area (Å²) >= 11 is 6.50. The van der Waals surface area contributed by atoms with Crippen LogP contribution in [0.25, 0.3) is 0 Å². The summed E-state index contributed by atoms with van der Waals surface area (Å²) in [6.45, 7) is 7.79. The van der Waals surface area contributed by atoms with Crippen LogP contribution in [0.15, 0.2) is 15.7 Å². The molecule has 2 N–H and O–H groups in total. The van der Waals surface area contributed by atoms with Gasteiger partial charge in [0.1, 0.15) is 5.54 Å². The molecular weight excluding hydrogens is 288 g/mol. The van der Waals surface area contributed by atoms with Gasteiger partial charge < -0.3 is 15.4 Å². The van der Waals surface area contributed by atoms with Gasteiger partial charge in [-0.3, -0.25) is 9.89 Å². The minimum atomic E-state index is -0.273. The lowest BCUT2D eigenvalue weighted by atomic mass is 9.90. The summed E-state index contributed by atoms with van der Waals surface area (Å²) in [7, 11) is 6.08. The highest BCUT2D eigenvalue weighted by atomic mass is 35.5. The molecule has 0 radical (unpaired) electrons. The largest absolute Gasteiger partial charge is 0.399 e. The first kappa shape index (κ1) is 18.4. The first-order chi connectivity index (χ1) is 9.97. The lowest BCUT2D eigenvalue weighted by Crippen LogP contribution is -2.63. The number of hydrogen-bond acceptors (Lipinski definition) is 5. The molecule has 0 unspecified atom stereocenters. The van der Waals surface area contributed by atoms with E-state index < -0.39 is 0 Å². The highest BCUT2D eigenvalue weighted by Crippen LogP contribution is 2.31. The van der Waals surface area contributed by atoms with Crippen LogP contribution in [0.4, 0.5) is 0 Å². The Labute approximate surface area is 133 Å². The summed E-state index contributed by atoms with van der Waals surface area (Å²) in [5, 5.41) is 0.603. The van der Waals surface area contributed by atoms with Gasteiger partial charge in [0, 0.05) is 19.6 Å². The average molecular weight is 317 g/mol. The van der Waals surface area contributed by atoms with Gasteiger partial charge in [-0.15, -0.1) is 0 Å². The maximum absolute atomic E-state index is 6.50. The van der Waals surface area contributed by atoms with E-state index in [4.69, 9.17) is 22.1 Å². The van der Waals surface area contributed by atoms with Crippen molar-refractivity contribution < 1.29 is 4.74 Å². The number of nitrogens with zero attached hydrogens (tertiary/aromatic N) is 3. The molecule has 2 heterocycles. The van der Waals surface area contributed by atoms with Crippen LogP contribution < -0.4 is 5.73 Å². The highest BCUT2D eigenvalue weighted by Gasteiger charge is 2.45. The summed E-state index contributed by atoms with van der Waals surface area (Å²) in [5.74, 6) is 0. The molecule has 2 aliphatic heterocycles. The second kappa shape index (κ2) is 8.13. The zero-order valence-electron chi connectivity index (χ0n) is 13.9. The smallest absolute Gasteiger partial charge is 0.109 e. The molecule has 2 rings (SSSR count). The Bertz CT molecular complexity index is 402. The average Bonchev–Trinajstić information content (AvgIpc) is 2.63. The lowest BCUT2D eigenvalue weighted by molar-refractivity contribution is -0.103. The predicted molar refractivity (Wildman–Crippen MR) is 90.1 cm³/mol. The van der Waals surface area contributed by atoms with Crippen LogP contribution in [0.2, 0.25) is 0 Å². The molecule has 1 fully saturated rings. The minimum absolute atomic E-state index is 0.273. The number of rotatable bonds is 3. The summed E-state index contributed by atoms with van der Waals surface area (Å²) < 4.78 is 5.34. The van der Waals surface area contributed by atoms with Gasteiger partial charge in [0.05, 0.1) is 29.7 Å². The summed E-state index contributed by atoms with van der Waals surface area (Å²) in [6, 6.07) is 0. The van der Waals surface area contributed by atoms with Gasteiger partial charge >= 0.3 is 0 Å². The zero-order valence-corrected chi connectivity index (χ0v) is 14.7. The number of ether oxygens (including phenoxy) is 1. The van der Waals surface area contributed by atoms with Gasteiger partial charge in [-0.1, -0.05) is 25.4 Å². The molecule has 0 spiro atoms. The SMILES string of the molecule is CC.CN1CCCN=C(/C(Cl)=C(\N)C2(N(C)C)COC2)C1. The van der Waals surface area contributed by atoms with Crippen LogP contribution in [0.5, 0.6) is 0 Å². The molecule has 1 saturated heterocycles. The van der Waals surface area contributed by atoms with E-state index in [9.17, 15) is 0 Å². The standard InChI is InChI=1S/C13H23ClN4O.C2H6/c1-17(2)13(8-19-9-13)12(15)11(14)10-7-18(3)6-4-5-16-10;1-2/h4-9,15H2,1-3H3;1-2H3/b12-11+;. The van der Waals surface area contributed by atoms with Crippen molar-refractivity contribution in [2.24, 2.45) is 10.7 Å². The van der Waals surface area contributed by atoms with E-state index in [0.29, 0.717) is 23.9 Å². The van der Waals surface area contributed by atoms with Crippen molar-refractivity contribution in [3.63, 3.8) is 0 Å². The number of hydrogen-bond donors (Lipinski definition) is 1. The molecule has 0 aromatic carbocycles. The maximum Gasteiger partial charge on any atom is 0.109 e. The van der Waals surface area contributed by atoms with Gasteiger partial charge in [0.15, 0.2) is 0 Å². The Morgan fingerprint density at radius 2 is 2.00 bits per heavy atom. The maximum atomic E-state index is 6.50. The second-order valence-electron chi connectivity index (χ2n) is 5.57. The van der Waals surface area contributed by atoms with E-state index in [2.05, 4.69) is 21.8 Å². The summed E-state index contributed by atoms with van der Waals surface area (Å²) in [5.41, 5.74) is 7.61. The van der Waals surface area contributed by atoms with Crippen molar-refractivity contribution in [1.82, 2.24) is 9.80 Å². The van der Waals surface area contributed by atoms with Crippen LogP contribution in [0, 0.1) is 0 Å². The second-order valence-corrected chi connectivity index (χ2v) is 5.94. The fraction of sp³-hybridized carbons (Fsp3) is 0.800. The Morgan fingerprint density at radius 1 is 1.38 bits per heavy atom. The third kappa shape index (κ3) is 3.97. The number of aliphatic imine (C=N–C) groups is 1. The molecular formula is C15H29ClN4O. The van der Waals surface area contributed by atoms with Gasteiger partial charge in [0.25, 0.3) is 0 Å². The molecule has 0 aromatic heterocycles. The van der Waals surface area contributed by atoms with Crippen molar-refractivity contribution in [3.8, 4) is 0 Å². The minimum Gasteiger partial charge on any atom is -0.399 e. The van der Waals surface area contributed by atoms with E-state index >= 15 is 0 Å². The molecule has 0 aromatic rings. The van der Waals surface area contributed by atoms with Crippen LogP contribution in [-0.4, -0.2) is 75.0 Å².